The van der Waals surface area contributed by atoms with Gasteiger partial charge in [0.25, 0.3) is 0 Å². The summed E-state index contributed by atoms with van der Waals surface area (Å²) in [4.78, 5) is 10.1. The summed E-state index contributed by atoms with van der Waals surface area (Å²) in [5.41, 5.74) is -1.44. The van der Waals surface area contributed by atoms with Crippen LogP contribution >= 0.6 is 0 Å². The topological polar surface area (TPSA) is 87.2 Å². The van der Waals surface area contributed by atoms with Crippen LogP contribution in [0, 0.1) is 0 Å². The van der Waals surface area contributed by atoms with Crippen LogP contribution < -0.4 is 0 Å². The van der Waals surface area contributed by atoms with Gasteiger partial charge in [-0.1, -0.05) is 0 Å². The van der Waals surface area contributed by atoms with E-state index in [1.165, 1.54) is 7.05 Å². The number of alkyl halides is 3. The van der Waals surface area contributed by atoms with Crippen molar-refractivity contribution in [1.29, 1.82) is 0 Å². The van der Waals surface area contributed by atoms with E-state index in [1.54, 1.807) is 0 Å². The van der Waals surface area contributed by atoms with Crippen LogP contribution in [-0.4, -0.2) is 50.1 Å². The van der Waals surface area contributed by atoms with Crippen LogP contribution in [0.1, 0.15) is 11.1 Å². The zero-order chi connectivity index (χ0) is 17.4. The lowest BCUT2D eigenvalue weighted by molar-refractivity contribution is -0.139. The molecule has 128 valence electrons. The summed E-state index contributed by atoms with van der Waals surface area (Å²) in [7, 11) is -2.94. The predicted molar refractivity (Wildman–Crippen MR) is 72.3 cm³/mol. The molecule has 10 heteroatoms. The molecule has 2 rings (SSSR count). The average Bonchev–Trinajstić information content (AvgIpc) is 3.20. The number of epoxide rings is 1. The monoisotopic (exact) mass is 353 g/mol. The number of nitrogens with zero attached hydrogens (tertiary/aromatic N) is 1. The molecule has 1 aliphatic rings. The highest BCUT2D eigenvalue weighted by molar-refractivity contribution is 7.89. The fourth-order valence-electron chi connectivity index (χ4n) is 1.99. The van der Waals surface area contributed by atoms with Crippen LogP contribution in [-0.2, 0) is 32.2 Å². The van der Waals surface area contributed by atoms with Gasteiger partial charge in [-0.25, -0.2) is 8.42 Å². The number of carboxylic acid groups (broad SMARTS) is 1. The van der Waals surface area contributed by atoms with Gasteiger partial charge in [0.1, 0.15) is 0 Å². The first-order valence-electron chi connectivity index (χ1n) is 6.51. The van der Waals surface area contributed by atoms with E-state index in [-0.39, 0.29) is 18.2 Å². The summed E-state index contributed by atoms with van der Waals surface area (Å²) in [6.07, 6.45) is -5.75. The molecule has 1 aliphatic heterocycles. The van der Waals surface area contributed by atoms with E-state index >= 15 is 0 Å². The summed E-state index contributed by atoms with van der Waals surface area (Å²) in [6, 6.07) is 2.09. The van der Waals surface area contributed by atoms with E-state index in [0.29, 0.717) is 18.7 Å². The molecular weight excluding hydrogens is 339 g/mol. The molecule has 1 aromatic rings. The Bertz CT molecular complexity index is 713. The highest BCUT2D eigenvalue weighted by atomic mass is 32.2. The van der Waals surface area contributed by atoms with E-state index in [0.717, 1.165) is 10.4 Å². The molecular formula is C13H14F3NO5S. The quantitative estimate of drug-likeness (QED) is 0.780. The lowest BCUT2D eigenvalue weighted by atomic mass is 10.1. The first kappa shape index (κ1) is 17.7. The minimum Gasteiger partial charge on any atom is -0.481 e. The van der Waals surface area contributed by atoms with Gasteiger partial charge in [-0.3, -0.25) is 4.79 Å². The van der Waals surface area contributed by atoms with E-state index in [1.807, 2.05) is 0 Å². The minimum absolute atomic E-state index is 0.0207. The second kappa shape index (κ2) is 6.10. The fraction of sp³-hybridized carbons (Fsp3) is 0.462. The van der Waals surface area contributed by atoms with Gasteiger partial charge < -0.3 is 9.84 Å². The Morgan fingerprint density at radius 1 is 1.39 bits per heavy atom. The third-order valence-corrected chi connectivity index (χ3v) is 5.02. The molecule has 0 bridgehead atoms. The Balaban J connectivity index is 2.44. The number of carboxylic acids is 1. The first-order valence-corrected chi connectivity index (χ1v) is 7.95. The van der Waals surface area contributed by atoms with Crippen molar-refractivity contribution in [2.75, 3.05) is 20.2 Å². The van der Waals surface area contributed by atoms with E-state index in [4.69, 9.17) is 9.84 Å². The van der Waals surface area contributed by atoms with Crippen molar-refractivity contribution in [3.63, 3.8) is 0 Å². The predicted octanol–water partition coefficient (Wildman–Crippen LogP) is 1.35. The summed E-state index contributed by atoms with van der Waals surface area (Å²) < 4.78 is 69.3. The number of halogens is 3. The van der Waals surface area contributed by atoms with Crippen molar-refractivity contribution >= 4 is 16.0 Å². The molecule has 0 saturated carbocycles. The van der Waals surface area contributed by atoms with Gasteiger partial charge in [0.05, 0.1) is 29.6 Å². The van der Waals surface area contributed by atoms with E-state index < -0.39 is 39.0 Å². The standard InChI is InChI=1S/C13H14F3NO5S/c1-17(6-10-7-22-10)23(20,21)11-3-8(4-12(18)19)2-9(5-11)13(14,15)16/h2-3,5,10H,4,6-7H2,1H3,(H,18,19). The van der Waals surface area contributed by atoms with Crippen molar-refractivity contribution in [2.24, 2.45) is 0 Å². The molecule has 1 heterocycles. The third kappa shape index (κ3) is 4.43. The molecule has 6 nitrogen and oxygen atoms in total. The SMILES string of the molecule is CN(CC1CO1)S(=O)(=O)c1cc(CC(=O)O)cc(C(F)(F)F)c1. The van der Waals surface area contributed by atoms with Crippen molar-refractivity contribution in [1.82, 2.24) is 4.31 Å². The van der Waals surface area contributed by atoms with Crippen LogP contribution in [0.5, 0.6) is 0 Å². The maximum atomic E-state index is 12.9. The Morgan fingerprint density at radius 3 is 2.48 bits per heavy atom. The number of likely N-dealkylation sites (N-methyl/N-ethyl adjacent to an activating group) is 1. The summed E-state index contributed by atoms with van der Waals surface area (Å²) in [5.74, 6) is -1.35. The van der Waals surface area contributed by atoms with Crippen LogP contribution in [0.25, 0.3) is 0 Å². The number of aliphatic carboxylic acids is 1. The summed E-state index contributed by atoms with van der Waals surface area (Å²) >= 11 is 0. The molecule has 0 amide bonds. The number of hydrogen-bond donors (Lipinski definition) is 1. The van der Waals surface area contributed by atoms with Crippen molar-refractivity contribution < 1.29 is 36.2 Å². The highest BCUT2D eigenvalue weighted by Gasteiger charge is 2.35. The maximum absolute atomic E-state index is 12.9. The van der Waals surface area contributed by atoms with Gasteiger partial charge >= 0.3 is 12.1 Å². The number of carbonyl (C=O) groups is 1. The zero-order valence-electron chi connectivity index (χ0n) is 12.0. The Hall–Kier alpha value is -1.65. The lowest BCUT2D eigenvalue weighted by Gasteiger charge is -2.18. The molecule has 1 unspecified atom stereocenters. The summed E-state index contributed by atoms with van der Waals surface area (Å²) in [5, 5.41) is 8.73. The van der Waals surface area contributed by atoms with Crippen LogP contribution in [0.4, 0.5) is 13.2 Å². The number of ether oxygens (including phenoxy) is 1. The minimum atomic E-state index is -4.78. The zero-order valence-corrected chi connectivity index (χ0v) is 12.8. The van der Waals surface area contributed by atoms with Gasteiger partial charge in [0, 0.05) is 13.6 Å². The molecule has 0 radical (unpaired) electrons. The average molecular weight is 353 g/mol. The van der Waals surface area contributed by atoms with Gasteiger partial charge in [-0.15, -0.1) is 0 Å². The molecule has 0 aliphatic carbocycles. The van der Waals surface area contributed by atoms with Gasteiger partial charge in [-0.2, -0.15) is 17.5 Å². The van der Waals surface area contributed by atoms with Gasteiger partial charge in [-0.05, 0) is 23.8 Å². The normalized spacial score (nSPS) is 18.2. The Morgan fingerprint density at radius 2 is 2.00 bits per heavy atom. The lowest BCUT2D eigenvalue weighted by Crippen LogP contribution is -2.31. The molecule has 1 N–H and O–H groups in total. The van der Waals surface area contributed by atoms with Crippen LogP contribution in [0.3, 0.4) is 0 Å². The molecule has 1 saturated heterocycles. The number of rotatable bonds is 6. The number of benzene rings is 1. The number of hydrogen-bond acceptors (Lipinski definition) is 4. The molecule has 0 spiro atoms. The second-order valence-corrected chi connectivity index (χ2v) is 7.22. The molecule has 23 heavy (non-hydrogen) atoms. The first-order chi connectivity index (χ1) is 10.5. The highest BCUT2D eigenvalue weighted by Crippen LogP contribution is 2.32. The van der Waals surface area contributed by atoms with E-state index in [9.17, 15) is 26.4 Å². The van der Waals surface area contributed by atoms with Gasteiger partial charge in [0.2, 0.25) is 10.0 Å². The Labute approximate surface area is 130 Å². The van der Waals surface area contributed by atoms with Crippen molar-refractivity contribution in [2.45, 2.75) is 23.6 Å². The molecule has 0 aromatic heterocycles. The van der Waals surface area contributed by atoms with Crippen LogP contribution in [0.15, 0.2) is 23.1 Å². The smallest absolute Gasteiger partial charge is 0.416 e. The van der Waals surface area contributed by atoms with E-state index in [2.05, 4.69) is 0 Å². The van der Waals surface area contributed by atoms with Crippen molar-refractivity contribution in [3.8, 4) is 0 Å². The van der Waals surface area contributed by atoms with Crippen LogP contribution in [0.2, 0.25) is 0 Å². The van der Waals surface area contributed by atoms with Crippen molar-refractivity contribution in [3.05, 3.63) is 29.3 Å². The molecule has 1 fully saturated rings. The number of sulfonamides is 1. The summed E-state index contributed by atoms with van der Waals surface area (Å²) in [6.45, 7) is 0.416. The largest absolute Gasteiger partial charge is 0.481 e. The Kier molecular flexibility index (Phi) is 4.69. The second-order valence-electron chi connectivity index (χ2n) is 5.17. The molecule has 1 aromatic carbocycles. The molecule has 1 atom stereocenters. The fourth-order valence-corrected chi connectivity index (χ4v) is 3.29. The third-order valence-electron chi connectivity index (χ3n) is 3.22. The maximum Gasteiger partial charge on any atom is 0.416 e. The van der Waals surface area contributed by atoms with Gasteiger partial charge in [0.15, 0.2) is 0 Å².